The topological polar surface area (TPSA) is 83.9 Å². The van der Waals surface area contributed by atoms with Crippen LogP contribution in [0.15, 0.2) is 23.0 Å². The number of benzene rings is 1. The Kier molecular flexibility index (Phi) is 9.37. The van der Waals surface area contributed by atoms with Crippen LogP contribution in [0.4, 0.5) is 14.9 Å². The number of carbonyl (C=O) groups is 2. The second-order valence-electron chi connectivity index (χ2n) is 12.1. The van der Waals surface area contributed by atoms with Crippen molar-refractivity contribution in [3.8, 4) is 0 Å². The van der Waals surface area contributed by atoms with Crippen LogP contribution in [0.1, 0.15) is 87.1 Å². The van der Waals surface area contributed by atoms with E-state index in [1.54, 1.807) is 16.5 Å². The molecule has 0 saturated carbocycles. The number of hydrogen-bond donors (Lipinski definition) is 1. The predicted molar refractivity (Wildman–Crippen MR) is 157 cm³/mol. The number of anilines is 1. The molecule has 9 heteroatoms. The number of amides is 2. The van der Waals surface area contributed by atoms with Gasteiger partial charge in [0.05, 0.1) is 0 Å². The molecule has 0 bridgehead atoms. The van der Waals surface area contributed by atoms with Crippen molar-refractivity contribution in [3.05, 3.63) is 62.3 Å². The summed E-state index contributed by atoms with van der Waals surface area (Å²) in [5.41, 5.74) is 2.97. The van der Waals surface area contributed by atoms with Crippen LogP contribution in [0.3, 0.4) is 0 Å². The van der Waals surface area contributed by atoms with Gasteiger partial charge in [-0.15, -0.1) is 0 Å². The lowest BCUT2D eigenvalue weighted by Gasteiger charge is -2.47. The van der Waals surface area contributed by atoms with E-state index in [0.29, 0.717) is 36.2 Å². The van der Waals surface area contributed by atoms with E-state index < -0.39 is 17.3 Å². The molecule has 1 aliphatic heterocycles. The minimum Gasteiger partial charge on any atom is -0.444 e. The summed E-state index contributed by atoms with van der Waals surface area (Å²) < 4.78 is 22.2. The van der Waals surface area contributed by atoms with E-state index in [4.69, 9.17) is 4.74 Å². The normalized spacial score (nSPS) is 19.4. The monoisotopic (exact) mass is 556 g/mol. The fourth-order valence-electron chi connectivity index (χ4n) is 5.81. The molecule has 1 aliphatic rings. The van der Waals surface area contributed by atoms with Gasteiger partial charge in [0.15, 0.2) is 0 Å². The molecule has 2 aromatic rings. The highest BCUT2D eigenvalue weighted by Crippen LogP contribution is 2.34. The smallest absolute Gasteiger partial charge is 0.410 e. The number of rotatable bonds is 6. The van der Waals surface area contributed by atoms with E-state index in [0.717, 1.165) is 11.3 Å². The molecule has 1 saturated heterocycles. The Hall–Kier alpha value is -3.36. The van der Waals surface area contributed by atoms with E-state index in [-0.39, 0.29) is 41.9 Å². The van der Waals surface area contributed by atoms with Crippen molar-refractivity contribution in [1.82, 2.24) is 14.8 Å². The lowest BCUT2D eigenvalue weighted by atomic mass is 9.90. The van der Waals surface area contributed by atoms with Gasteiger partial charge in [-0.2, -0.15) is 0 Å². The van der Waals surface area contributed by atoms with Crippen LogP contribution < -0.4 is 15.8 Å². The van der Waals surface area contributed by atoms with Crippen LogP contribution in [-0.2, 0) is 18.3 Å². The van der Waals surface area contributed by atoms with Gasteiger partial charge in [-0.3, -0.25) is 9.59 Å². The second kappa shape index (κ2) is 12.0. The highest BCUT2D eigenvalue weighted by molar-refractivity contribution is 5.97. The Morgan fingerprint density at radius 1 is 1.10 bits per heavy atom. The molecule has 1 fully saturated rings. The van der Waals surface area contributed by atoms with E-state index in [9.17, 15) is 18.8 Å². The lowest BCUT2D eigenvalue weighted by molar-refractivity contribution is -0.00252. The maximum Gasteiger partial charge on any atom is 0.410 e. The highest BCUT2D eigenvalue weighted by Gasteiger charge is 2.38. The second-order valence-corrected chi connectivity index (χ2v) is 12.1. The number of piperidine rings is 1. The van der Waals surface area contributed by atoms with Gasteiger partial charge in [0.25, 0.3) is 11.5 Å². The predicted octanol–water partition coefficient (Wildman–Crippen LogP) is 5.38. The molecule has 0 aliphatic carbocycles. The van der Waals surface area contributed by atoms with Gasteiger partial charge in [0.2, 0.25) is 0 Å². The summed E-state index contributed by atoms with van der Waals surface area (Å²) >= 11 is 0. The Labute approximate surface area is 237 Å². The minimum atomic E-state index is -0.580. The maximum absolute atomic E-state index is 15.0. The third kappa shape index (κ3) is 6.67. The van der Waals surface area contributed by atoms with Crippen molar-refractivity contribution < 1.29 is 18.7 Å². The van der Waals surface area contributed by atoms with Crippen molar-refractivity contribution in [3.63, 3.8) is 0 Å². The number of pyridine rings is 1. The van der Waals surface area contributed by atoms with E-state index >= 15 is 0 Å². The van der Waals surface area contributed by atoms with Crippen molar-refractivity contribution in [2.75, 3.05) is 11.4 Å². The first-order valence-electron chi connectivity index (χ1n) is 14.1. The van der Waals surface area contributed by atoms with Gasteiger partial charge in [0.1, 0.15) is 11.4 Å². The molecular weight excluding hydrogens is 511 g/mol. The van der Waals surface area contributed by atoms with Crippen LogP contribution in [0, 0.1) is 26.6 Å². The zero-order chi connectivity index (χ0) is 30.1. The molecule has 8 nitrogen and oxygen atoms in total. The molecule has 2 amide bonds. The summed E-state index contributed by atoms with van der Waals surface area (Å²) in [7, 11) is 1.70. The van der Waals surface area contributed by atoms with Crippen molar-refractivity contribution >= 4 is 17.7 Å². The molecule has 40 heavy (non-hydrogen) atoms. The van der Waals surface area contributed by atoms with Gasteiger partial charge < -0.3 is 24.4 Å². The maximum atomic E-state index is 15.0. The Morgan fingerprint density at radius 2 is 1.70 bits per heavy atom. The first-order chi connectivity index (χ1) is 18.5. The lowest BCUT2D eigenvalue weighted by Crippen LogP contribution is -2.56. The average molecular weight is 557 g/mol. The number of carbonyl (C=O) groups excluding carboxylic acids is 2. The summed E-state index contributed by atoms with van der Waals surface area (Å²) in [6.07, 6.45) is 1.05. The molecule has 2 heterocycles. The van der Waals surface area contributed by atoms with E-state index in [1.165, 1.54) is 12.1 Å². The summed E-state index contributed by atoms with van der Waals surface area (Å²) in [5, 5.41) is 2.83. The number of ether oxygens (including phenoxy) is 1. The van der Waals surface area contributed by atoms with Crippen LogP contribution in [-0.4, -0.2) is 51.7 Å². The van der Waals surface area contributed by atoms with E-state index in [1.807, 2.05) is 68.4 Å². The molecular formula is C31H45FN4O4. The third-order valence-electron chi connectivity index (χ3n) is 7.88. The van der Waals surface area contributed by atoms with Crippen LogP contribution >= 0.6 is 0 Å². The minimum absolute atomic E-state index is 0.0447. The zero-order valence-electron chi connectivity index (χ0n) is 25.6. The summed E-state index contributed by atoms with van der Waals surface area (Å²) in [6.45, 7) is 17.8. The molecule has 2 atom stereocenters. The Morgan fingerprint density at radius 3 is 2.25 bits per heavy atom. The molecule has 2 unspecified atom stereocenters. The zero-order valence-corrected chi connectivity index (χ0v) is 25.6. The fourth-order valence-corrected chi connectivity index (χ4v) is 5.81. The molecule has 1 aromatic heterocycles. The van der Waals surface area contributed by atoms with E-state index in [2.05, 4.69) is 10.2 Å². The first-order valence-corrected chi connectivity index (χ1v) is 14.1. The summed E-state index contributed by atoms with van der Waals surface area (Å²) in [6, 6.07) is 4.53. The molecule has 220 valence electrons. The Bertz CT molecular complexity index is 1320. The first kappa shape index (κ1) is 31.2. The van der Waals surface area contributed by atoms with Gasteiger partial charge in [0, 0.05) is 60.8 Å². The number of aromatic nitrogens is 1. The third-order valence-corrected chi connectivity index (χ3v) is 7.88. The number of halogens is 1. The molecule has 0 radical (unpaired) electrons. The van der Waals surface area contributed by atoms with Crippen LogP contribution in [0.25, 0.3) is 0 Å². The van der Waals surface area contributed by atoms with Crippen LogP contribution in [0.2, 0.25) is 0 Å². The number of hydrogen-bond acceptors (Lipinski definition) is 5. The van der Waals surface area contributed by atoms with Crippen molar-refractivity contribution in [2.45, 2.75) is 105 Å². The standard InChI is InChI=1S/C31H45FN4O4/c1-11-35(24-13-20(4)36(21(5)14-24)30(39)40-31(7,8)9)27-16-23(32)15-25(22(27)6)28(37)33-17-26-18(2)12-19(3)34(10)29(26)38/h12,15-16,20-21,24H,11,13-14,17H2,1-10H3,(H,33,37). The number of nitrogens with one attached hydrogen (secondary N) is 1. The average Bonchev–Trinajstić information content (AvgIpc) is 2.83. The SMILES string of the molecule is CCN(c1cc(F)cc(C(=O)NCc2c(C)cc(C)n(C)c2=O)c1C)C1CC(C)N(C(=O)OC(C)(C)C)C(C)C1. The quantitative estimate of drug-likeness (QED) is 0.516. The number of aryl methyl sites for hydroxylation is 2. The van der Waals surface area contributed by atoms with Gasteiger partial charge in [-0.05, 0) is 104 Å². The molecule has 0 spiro atoms. The molecule has 1 N–H and O–H groups in total. The Balaban J connectivity index is 1.84. The number of likely N-dealkylation sites (tertiary alicyclic amines) is 1. The molecule has 1 aromatic carbocycles. The number of nitrogens with zero attached hydrogens (tertiary/aromatic N) is 3. The van der Waals surface area contributed by atoms with Crippen molar-refractivity contribution in [2.24, 2.45) is 7.05 Å². The van der Waals surface area contributed by atoms with Gasteiger partial charge in [-0.1, -0.05) is 0 Å². The van der Waals surface area contributed by atoms with Crippen LogP contribution in [0.5, 0.6) is 0 Å². The van der Waals surface area contributed by atoms with Gasteiger partial charge in [-0.25, -0.2) is 9.18 Å². The highest BCUT2D eigenvalue weighted by atomic mass is 19.1. The fraction of sp³-hybridized carbons (Fsp3) is 0.581. The summed E-state index contributed by atoms with van der Waals surface area (Å²) in [4.78, 5) is 42.8. The summed E-state index contributed by atoms with van der Waals surface area (Å²) in [5.74, 6) is -0.934. The molecule has 3 rings (SSSR count). The largest absolute Gasteiger partial charge is 0.444 e. The van der Waals surface area contributed by atoms with Crippen molar-refractivity contribution in [1.29, 1.82) is 0 Å². The van der Waals surface area contributed by atoms with Gasteiger partial charge >= 0.3 is 6.09 Å².